The van der Waals surface area contributed by atoms with Gasteiger partial charge in [0.2, 0.25) is 9.84 Å². The Morgan fingerprint density at radius 1 is 0.970 bits per heavy atom. The van der Waals surface area contributed by atoms with E-state index >= 15 is 0 Å². The SMILES string of the molecule is Cc1cc(Nc2cc(S(=O)(=O)c3ccccc3)cc(NCCCN3CCN(C)CC3)n2)n[nH]1. The van der Waals surface area contributed by atoms with E-state index < -0.39 is 9.84 Å². The lowest BCUT2D eigenvalue weighted by Crippen LogP contribution is -2.44. The molecule has 3 heterocycles. The Labute approximate surface area is 195 Å². The summed E-state index contributed by atoms with van der Waals surface area (Å²) in [5.41, 5.74) is 0.896. The van der Waals surface area contributed by atoms with Crippen molar-refractivity contribution in [2.45, 2.75) is 23.1 Å². The third-order valence-corrected chi connectivity index (χ3v) is 7.43. The van der Waals surface area contributed by atoms with Crippen molar-refractivity contribution in [3.8, 4) is 0 Å². The summed E-state index contributed by atoms with van der Waals surface area (Å²) in [6.45, 7) is 7.95. The Kier molecular flexibility index (Phi) is 7.26. The van der Waals surface area contributed by atoms with E-state index in [1.807, 2.05) is 13.0 Å². The van der Waals surface area contributed by atoms with Crippen LogP contribution >= 0.6 is 0 Å². The maximum Gasteiger partial charge on any atom is 0.206 e. The first-order valence-corrected chi connectivity index (χ1v) is 12.6. The number of sulfone groups is 1. The largest absolute Gasteiger partial charge is 0.370 e. The number of pyridine rings is 1. The van der Waals surface area contributed by atoms with Gasteiger partial charge in [-0.3, -0.25) is 5.10 Å². The number of aryl methyl sites for hydroxylation is 1. The van der Waals surface area contributed by atoms with Crippen molar-refractivity contribution < 1.29 is 8.42 Å². The summed E-state index contributed by atoms with van der Waals surface area (Å²) in [5.74, 6) is 1.51. The average molecular weight is 470 g/mol. The first-order chi connectivity index (χ1) is 15.9. The van der Waals surface area contributed by atoms with Gasteiger partial charge in [0.25, 0.3) is 0 Å². The molecule has 0 unspecified atom stereocenters. The van der Waals surface area contributed by atoms with Crippen LogP contribution in [0.25, 0.3) is 0 Å². The fourth-order valence-electron chi connectivity index (χ4n) is 3.75. The van der Waals surface area contributed by atoms with Crippen LogP contribution in [-0.4, -0.2) is 79.7 Å². The van der Waals surface area contributed by atoms with E-state index in [0.717, 1.165) is 44.8 Å². The molecule has 1 aliphatic rings. The van der Waals surface area contributed by atoms with Crippen LogP contribution in [0.1, 0.15) is 12.1 Å². The van der Waals surface area contributed by atoms with E-state index in [0.29, 0.717) is 24.0 Å². The molecule has 1 aliphatic heterocycles. The van der Waals surface area contributed by atoms with E-state index in [9.17, 15) is 8.42 Å². The number of nitrogens with zero attached hydrogens (tertiary/aromatic N) is 4. The zero-order valence-corrected chi connectivity index (χ0v) is 19.9. The predicted molar refractivity (Wildman–Crippen MR) is 130 cm³/mol. The van der Waals surface area contributed by atoms with Crippen LogP contribution in [0, 0.1) is 6.92 Å². The van der Waals surface area contributed by atoms with Crippen molar-refractivity contribution in [1.82, 2.24) is 25.0 Å². The molecule has 33 heavy (non-hydrogen) atoms. The Morgan fingerprint density at radius 2 is 1.70 bits per heavy atom. The Balaban J connectivity index is 1.50. The molecule has 0 spiro atoms. The maximum atomic E-state index is 13.2. The number of rotatable bonds is 9. The molecule has 1 aromatic carbocycles. The highest BCUT2D eigenvalue weighted by Gasteiger charge is 2.20. The molecule has 1 saturated heterocycles. The van der Waals surface area contributed by atoms with Gasteiger partial charge < -0.3 is 20.4 Å². The first-order valence-electron chi connectivity index (χ1n) is 11.2. The summed E-state index contributed by atoms with van der Waals surface area (Å²) >= 11 is 0. The van der Waals surface area contributed by atoms with Crippen LogP contribution in [0.15, 0.2) is 58.3 Å². The molecule has 0 radical (unpaired) electrons. The van der Waals surface area contributed by atoms with Crippen molar-refractivity contribution in [2.24, 2.45) is 0 Å². The van der Waals surface area contributed by atoms with Gasteiger partial charge in [0, 0.05) is 50.6 Å². The molecule has 3 aromatic rings. The highest BCUT2D eigenvalue weighted by Crippen LogP contribution is 2.26. The lowest BCUT2D eigenvalue weighted by molar-refractivity contribution is 0.154. The molecule has 0 amide bonds. The lowest BCUT2D eigenvalue weighted by Gasteiger charge is -2.32. The van der Waals surface area contributed by atoms with Crippen molar-refractivity contribution >= 4 is 27.3 Å². The van der Waals surface area contributed by atoms with Gasteiger partial charge in [0.15, 0.2) is 5.82 Å². The van der Waals surface area contributed by atoms with Crippen molar-refractivity contribution in [2.75, 3.05) is 56.9 Å². The molecule has 176 valence electrons. The van der Waals surface area contributed by atoms with Crippen LogP contribution in [0.5, 0.6) is 0 Å². The fourth-order valence-corrected chi connectivity index (χ4v) is 5.08. The third-order valence-electron chi connectivity index (χ3n) is 5.68. The van der Waals surface area contributed by atoms with E-state index in [1.165, 1.54) is 0 Å². The molecule has 0 aliphatic carbocycles. The van der Waals surface area contributed by atoms with E-state index in [2.05, 4.69) is 42.7 Å². The molecule has 0 atom stereocenters. The van der Waals surface area contributed by atoms with Crippen LogP contribution in [0.2, 0.25) is 0 Å². The standard InChI is InChI=1S/C23H31N7O2S/c1-18-15-23(28-27-18)26-22-17-20(33(31,32)19-7-4-3-5-8-19)16-21(25-22)24-9-6-10-30-13-11-29(2)12-14-30/h3-5,7-8,15-17H,6,9-14H2,1-2H3,(H3,24,25,26,27,28). The van der Waals surface area contributed by atoms with Crippen molar-refractivity contribution in [1.29, 1.82) is 0 Å². The number of anilines is 3. The Bertz CT molecular complexity index is 1160. The number of hydrogen-bond acceptors (Lipinski definition) is 8. The average Bonchev–Trinajstić information content (AvgIpc) is 3.22. The topological polar surface area (TPSA) is 106 Å². The second-order valence-electron chi connectivity index (χ2n) is 8.38. The first kappa shape index (κ1) is 23.2. The van der Waals surface area contributed by atoms with Gasteiger partial charge in [-0.05, 0) is 45.1 Å². The van der Waals surface area contributed by atoms with E-state index in [1.54, 1.807) is 42.5 Å². The third kappa shape index (κ3) is 6.10. The van der Waals surface area contributed by atoms with Crippen molar-refractivity contribution in [3.05, 3.63) is 54.2 Å². The van der Waals surface area contributed by atoms with Crippen LogP contribution in [-0.2, 0) is 9.84 Å². The number of aromatic amines is 1. The summed E-state index contributed by atoms with van der Waals surface area (Å²) < 4.78 is 26.5. The normalized spacial score (nSPS) is 15.5. The number of piperazine rings is 1. The molecule has 2 aromatic heterocycles. The molecule has 0 bridgehead atoms. The molecule has 10 heteroatoms. The second-order valence-corrected chi connectivity index (χ2v) is 10.3. The minimum absolute atomic E-state index is 0.181. The number of likely N-dealkylation sites (N-methyl/N-ethyl adjacent to an activating group) is 1. The lowest BCUT2D eigenvalue weighted by atomic mass is 10.3. The van der Waals surface area contributed by atoms with Gasteiger partial charge in [-0.25, -0.2) is 13.4 Å². The molecule has 1 fully saturated rings. The smallest absolute Gasteiger partial charge is 0.206 e. The van der Waals surface area contributed by atoms with Gasteiger partial charge in [0.05, 0.1) is 9.79 Å². The summed E-state index contributed by atoms with van der Waals surface area (Å²) in [6, 6.07) is 13.4. The molecular weight excluding hydrogens is 438 g/mol. The number of aromatic nitrogens is 3. The van der Waals surface area contributed by atoms with E-state index in [-0.39, 0.29) is 9.79 Å². The molecular formula is C23H31N7O2S. The maximum absolute atomic E-state index is 13.2. The van der Waals surface area contributed by atoms with Crippen LogP contribution in [0.3, 0.4) is 0 Å². The minimum Gasteiger partial charge on any atom is -0.370 e. The van der Waals surface area contributed by atoms with Gasteiger partial charge in [0.1, 0.15) is 11.6 Å². The Morgan fingerprint density at radius 3 is 2.39 bits per heavy atom. The molecule has 3 N–H and O–H groups in total. The predicted octanol–water partition coefficient (Wildman–Crippen LogP) is 2.74. The monoisotopic (exact) mass is 469 g/mol. The van der Waals surface area contributed by atoms with Crippen molar-refractivity contribution in [3.63, 3.8) is 0 Å². The minimum atomic E-state index is -3.69. The van der Waals surface area contributed by atoms with Crippen LogP contribution < -0.4 is 10.6 Å². The number of nitrogens with one attached hydrogen (secondary N) is 3. The second kappa shape index (κ2) is 10.3. The molecule has 4 rings (SSSR count). The summed E-state index contributed by atoms with van der Waals surface area (Å²) in [7, 11) is -1.54. The zero-order chi connectivity index (χ0) is 23.3. The molecule has 0 saturated carbocycles. The van der Waals surface area contributed by atoms with Crippen LogP contribution in [0.4, 0.5) is 17.5 Å². The van der Waals surface area contributed by atoms with Gasteiger partial charge >= 0.3 is 0 Å². The summed E-state index contributed by atoms with van der Waals surface area (Å²) in [4.78, 5) is 9.80. The van der Waals surface area contributed by atoms with Gasteiger partial charge in [-0.1, -0.05) is 18.2 Å². The number of hydrogen-bond donors (Lipinski definition) is 3. The van der Waals surface area contributed by atoms with Gasteiger partial charge in [-0.2, -0.15) is 5.10 Å². The summed E-state index contributed by atoms with van der Waals surface area (Å²) in [6.07, 6.45) is 0.947. The highest BCUT2D eigenvalue weighted by atomic mass is 32.2. The fraction of sp³-hybridized carbons (Fsp3) is 0.391. The Hall–Kier alpha value is -2.95. The molecule has 9 nitrogen and oxygen atoms in total. The summed E-state index contributed by atoms with van der Waals surface area (Å²) in [5, 5.41) is 13.4. The number of H-pyrrole nitrogens is 1. The quantitative estimate of drug-likeness (QED) is 0.411. The van der Waals surface area contributed by atoms with Gasteiger partial charge in [-0.15, -0.1) is 0 Å². The number of benzene rings is 1. The van der Waals surface area contributed by atoms with E-state index in [4.69, 9.17) is 0 Å². The highest BCUT2D eigenvalue weighted by molar-refractivity contribution is 7.91. The zero-order valence-electron chi connectivity index (χ0n) is 19.1.